The molecule has 0 saturated heterocycles. The van der Waals surface area contributed by atoms with E-state index in [1.54, 1.807) is 13.3 Å². The molecule has 0 radical (unpaired) electrons. The number of benzene rings is 1. The van der Waals surface area contributed by atoms with Gasteiger partial charge in [-0.05, 0) is 54.4 Å². The molecular formula is C23H28N2O4. The molecule has 0 aliphatic heterocycles. The van der Waals surface area contributed by atoms with E-state index in [-0.39, 0.29) is 11.8 Å². The predicted octanol–water partition coefficient (Wildman–Crippen LogP) is 4.55. The highest BCUT2D eigenvalue weighted by Crippen LogP contribution is 2.51. The van der Waals surface area contributed by atoms with Gasteiger partial charge in [0.05, 0.1) is 25.8 Å². The third-order valence-electron chi connectivity index (χ3n) is 6.30. The molecule has 6 heteroatoms. The van der Waals surface area contributed by atoms with E-state index in [1.165, 1.54) is 25.7 Å². The number of methoxy groups -OCH3 is 1. The molecule has 4 rings (SSSR count). The second-order valence-electron chi connectivity index (χ2n) is 8.46. The summed E-state index contributed by atoms with van der Waals surface area (Å²) in [4.78, 5) is 11.3. The van der Waals surface area contributed by atoms with Crippen LogP contribution in [0.2, 0.25) is 0 Å². The summed E-state index contributed by atoms with van der Waals surface area (Å²) in [5.41, 5.74) is 2.81. The monoisotopic (exact) mass is 396 g/mol. The summed E-state index contributed by atoms with van der Waals surface area (Å²) in [6.45, 7) is 3.00. The van der Waals surface area contributed by atoms with Gasteiger partial charge < -0.3 is 14.6 Å². The lowest BCUT2D eigenvalue weighted by Crippen LogP contribution is -2.19. The molecule has 2 saturated carbocycles. The van der Waals surface area contributed by atoms with Crippen LogP contribution >= 0.6 is 0 Å². The summed E-state index contributed by atoms with van der Waals surface area (Å²) in [5.74, 6) is 1.60. The average Bonchev–Trinajstić information content (AvgIpc) is 3.54. The Hall–Kier alpha value is -2.63. The molecule has 1 aromatic carbocycles. The fourth-order valence-corrected chi connectivity index (χ4v) is 4.29. The van der Waals surface area contributed by atoms with Crippen molar-refractivity contribution in [3.63, 3.8) is 0 Å². The Balaban J connectivity index is 1.48. The number of rotatable bonds is 7. The summed E-state index contributed by atoms with van der Waals surface area (Å²) in [7, 11) is 1.61. The van der Waals surface area contributed by atoms with Crippen LogP contribution < -0.4 is 9.47 Å². The zero-order chi connectivity index (χ0) is 20.4. The van der Waals surface area contributed by atoms with Crippen LogP contribution in [0.25, 0.3) is 11.1 Å². The molecule has 6 nitrogen and oxygen atoms in total. The summed E-state index contributed by atoms with van der Waals surface area (Å²) in [6.07, 6.45) is 7.32. The van der Waals surface area contributed by atoms with Crippen molar-refractivity contribution in [2.75, 3.05) is 13.7 Å². The van der Waals surface area contributed by atoms with E-state index in [2.05, 4.69) is 17.1 Å². The number of carboxylic acid groups (broad SMARTS) is 1. The summed E-state index contributed by atoms with van der Waals surface area (Å²) < 4.78 is 11.4. The first-order valence-electron chi connectivity index (χ1n) is 10.4. The molecule has 154 valence electrons. The molecule has 1 aromatic heterocycles. The highest BCUT2D eigenvalue weighted by molar-refractivity contribution is 5.76. The van der Waals surface area contributed by atoms with Crippen LogP contribution in [0.15, 0.2) is 30.5 Å². The van der Waals surface area contributed by atoms with Crippen LogP contribution in [0.3, 0.4) is 0 Å². The SMILES string of the molecule is COc1ccc(-c2cnnc(OCC3CCC(C)CC3)c2)cc1[C@@H]1C[C@H]1C(=O)O. The van der Waals surface area contributed by atoms with E-state index < -0.39 is 5.97 Å². The largest absolute Gasteiger partial charge is 0.496 e. The fourth-order valence-electron chi connectivity index (χ4n) is 4.29. The number of carboxylic acids is 1. The zero-order valence-electron chi connectivity index (χ0n) is 17.0. The van der Waals surface area contributed by atoms with E-state index in [0.717, 1.165) is 28.4 Å². The van der Waals surface area contributed by atoms with E-state index in [0.29, 0.717) is 24.8 Å². The van der Waals surface area contributed by atoms with Crippen LogP contribution in [-0.4, -0.2) is 35.0 Å². The van der Waals surface area contributed by atoms with Gasteiger partial charge >= 0.3 is 5.97 Å². The summed E-state index contributed by atoms with van der Waals surface area (Å²) in [5, 5.41) is 17.5. The van der Waals surface area contributed by atoms with Crippen molar-refractivity contribution in [1.29, 1.82) is 0 Å². The smallest absolute Gasteiger partial charge is 0.307 e. The molecule has 0 bridgehead atoms. The molecule has 0 amide bonds. The summed E-state index contributed by atoms with van der Waals surface area (Å²) >= 11 is 0. The number of aromatic nitrogens is 2. The predicted molar refractivity (Wildman–Crippen MR) is 109 cm³/mol. The molecule has 1 N–H and O–H groups in total. The Bertz CT molecular complexity index is 877. The fraction of sp³-hybridized carbons (Fsp3) is 0.522. The molecule has 2 atom stereocenters. The van der Waals surface area contributed by atoms with E-state index in [1.807, 2.05) is 24.3 Å². The van der Waals surface area contributed by atoms with Gasteiger partial charge in [0.25, 0.3) is 0 Å². The first-order valence-corrected chi connectivity index (χ1v) is 10.4. The van der Waals surface area contributed by atoms with Crippen LogP contribution in [0.1, 0.15) is 50.5 Å². The lowest BCUT2D eigenvalue weighted by molar-refractivity contribution is -0.138. The van der Waals surface area contributed by atoms with Gasteiger partial charge in [-0.3, -0.25) is 4.79 Å². The number of nitrogens with zero attached hydrogens (tertiary/aromatic N) is 2. The second kappa shape index (κ2) is 8.39. The second-order valence-corrected chi connectivity index (χ2v) is 8.46. The molecule has 2 fully saturated rings. The maximum Gasteiger partial charge on any atom is 0.307 e. The van der Waals surface area contributed by atoms with Crippen molar-refractivity contribution in [1.82, 2.24) is 10.2 Å². The van der Waals surface area contributed by atoms with Crippen LogP contribution in [0, 0.1) is 17.8 Å². The van der Waals surface area contributed by atoms with Gasteiger partial charge in [-0.25, -0.2) is 0 Å². The van der Waals surface area contributed by atoms with Crippen molar-refractivity contribution in [3.05, 3.63) is 36.0 Å². The Morgan fingerprint density at radius 2 is 1.97 bits per heavy atom. The minimum atomic E-state index is -0.749. The molecule has 2 aromatic rings. The highest BCUT2D eigenvalue weighted by Gasteiger charge is 2.45. The number of hydrogen-bond acceptors (Lipinski definition) is 5. The van der Waals surface area contributed by atoms with E-state index in [9.17, 15) is 9.90 Å². The van der Waals surface area contributed by atoms with Gasteiger partial charge in [-0.2, -0.15) is 5.10 Å². The Morgan fingerprint density at radius 1 is 1.17 bits per heavy atom. The van der Waals surface area contributed by atoms with Crippen molar-refractivity contribution >= 4 is 5.97 Å². The molecule has 1 heterocycles. The Morgan fingerprint density at radius 3 is 2.66 bits per heavy atom. The molecule has 0 unspecified atom stereocenters. The molecule has 2 aliphatic rings. The van der Waals surface area contributed by atoms with Crippen LogP contribution in [-0.2, 0) is 4.79 Å². The van der Waals surface area contributed by atoms with Crippen LogP contribution in [0.5, 0.6) is 11.6 Å². The number of carbonyl (C=O) groups is 1. The molecular weight excluding hydrogens is 368 g/mol. The van der Waals surface area contributed by atoms with Crippen molar-refractivity contribution in [3.8, 4) is 22.8 Å². The van der Waals surface area contributed by atoms with Gasteiger partial charge in [0.1, 0.15) is 5.75 Å². The average molecular weight is 396 g/mol. The molecule has 2 aliphatic carbocycles. The van der Waals surface area contributed by atoms with Gasteiger partial charge in [0, 0.05) is 17.5 Å². The number of hydrogen-bond donors (Lipinski definition) is 1. The lowest BCUT2D eigenvalue weighted by Gasteiger charge is -2.25. The summed E-state index contributed by atoms with van der Waals surface area (Å²) in [6, 6.07) is 7.78. The van der Waals surface area contributed by atoms with E-state index in [4.69, 9.17) is 9.47 Å². The number of aliphatic carboxylic acids is 1. The standard InChI is InChI=1S/C23H28N2O4/c1-14-3-5-15(6-4-14)13-29-22-10-17(12-24-25-22)16-7-8-21(28-2)19(9-16)18-11-20(18)23(26)27/h7-10,12,14-15,18,20H,3-6,11,13H2,1-2H3,(H,26,27)/t14?,15?,18-,20+/m0/s1. The highest BCUT2D eigenvalue weighted by atomic mass is 16.5. The van der Waals surface area contributed by atoms with Crippen LogP contribution in [0.4, 0.5) is 0 Å². The normalized spacial score (nSPS) is 26.0. The minimum absolute atomic E-state index is 0.00149. The van der Waals surface area contributed by atoms with Crippen molar-refractivity contribution in [2.24, 2.45) is 17.8 Å². The molecule has 0 spiro atoms. The van der Waals surface area contributed by atoms with E-state index >= 15 is 0 Å². The third-order valence-corrected chi connectivity index (χ3v) is 6.30. The van der Waals surface area contributed by atoms with Gasteiger partial charge in [-0.15, -0.1) is 5.10 Å². The molecule has 29 heavy (non-hydrogen) atoms. The Kier molecular flexibility index (Phi) is 5.69. The first kappa shape index (κ1) is 19.7. The maximum atomic E-state index is 11.3. The third kappa shape index (κ3) is 4.52. The minimum Gasteiger partial charge on any atom is -0.496 e. The van der Waals surface area contributed by atoms with Gasteiger partial charge in [-0.1, -0.05) is 25.8 Å². The quantitative estimate of drug-likeness (QED) is 0.740. The van der Waals surface area contributed by atoms with Crippen molar-refractivity contribution < 1.29 is 19.4 Å². The maximum absolute atomic E-state index is 11.3. The topological polar surface area (TPSA) is 81.5 Å². The van der Waals surface area contributed by atoms with Crippen molar-refractivity contribution in [2.45, 2.75) is 44.9 Å². The first-order chi connectivity index (χ1) is 14.0. The number of ether oxygens (including phenoxy) is 2. The Labute approximate surface area is 171 Å². The van der Waals surface area contributed by atoms with Gasteiger partial charge in [0.2, 0.25) is 5.88 Å². The van der Waals surface area contributed by atoms with Gasteiger partial charge in [0.15, 0.2) is 0 Å². The zero-order valence-corrected chi connectivity index (χ0v) is 17.0. The lowest BCUT2D eigenvalue weighted by atomic mass is 9.83.